The molecule has 37 heavy (non-hydrogen) atoms. The minimum Gasteiger partial charge on any atom is -0.368 e. The van der Waals surface area contributed by atoms with Gasteiger partial charge in [0.15, 0.2) is 11.6 Å². The fourth-order valence-electron chi connectivity index (χ4n) is 4.23. The number of fused-ring (bicyclic) bond motifs is 1. The predicted octanol–water partition coefficient (Wildman–Crippen LogP) is 3.89. The van der Waals surface area contributed by atoms with Crippen LogP contribution in [0.3, 0.4) is 0 Å². The van der Waals surface area contributed by atoms with Gasteiger partial charge in [-0.1, -0.05) is 0 Å². The van der Waals surface area contributed by atoms with Crippen LogP contribution in [0.1, 0.15) is 19.9 Å². The van der Waals surface area contributed by atoms with E-state index in [1.54, 1.807) is 23.0 Å². The highest BCUT2D eigenvalue weighted by atomic mass is 35.5. The molecule has 3 N–H and O–H groups in total. The molecule has 1 aliphatic rings. The number of halogens is 3. The van der Waals surface area contributed by atoms with E-state index in [1.807, 2.05) is 19.9 Å². The van der Waals surface area contributed by atoms with Crippen molar-refractivity contribution in [2.24, 2.45) is 0 Å². The van der Waals surface area contributed by atoms with E-state index in [-0.39, 0.29) is 46.9 Å². The third kappa shape index (κ3) is 5.16. The van der Waals surface area contributed by atoms with Crippen LogP contribution in [0, 0.1) is 11.6 Å². The molecule has 0 spiro atoms. The maximum absolute atomic E-state index is 15.7. The summed E-state index contributed by atoms with van der Waals surface area (Å²) in [7, 11) is 0. The quantitative estimate of drug-likeness (QED) is 0.309. The number of carbonyl (C=O) groups excluding carboxylic acids is 1. The van der Waals surface area contributed by atoms with Crippen LogP contribution in [0.25, 0.3) is 22.2 Å². The van der Waals surface area contributed by atoms with Crippen molar-refractivity contribution in [3.05, 3.63) is 48.3 Å². The van der Waals surface area contributed by atoms with Crippen LogP contribution in [0.2, 0.25) is 0 Å². The van der Waals surface area contributed by atoms with Crippen molar-refractivity contribution in [3.8, 4) is 11.3 Å². The van der Waals surface area contributed by atoms with Gasteiger partial charge in [0.25, 0.3) is 0 Å². The lowest BCUT2D eigenvalue weighted by atomic mass is 10.1. The number of nitrogens with one attached hydrogen (secondary N) is 3. The van der Waals surface area contributed by atoms with E-state index in [0.29, 0.717) is 17.7 Å². The Morgan fingerprint density at radius 3 is 2.54 bits per heavy atom. The lowest BCUT2D eigenvalue weighted by Gasteiger charge is -2.29. The molecule has 13 heteroatoms. The van der Waals surface area contributed by atoms with E-state index < -0.39 is 11.6 Å². The Hall–Kier alpha value is -3.90. The lowest BCUT2D eigenvalue weighted by molar-refractivity contribution is -0.105. The van der Waals surface area contributed by atoms with Gasteiger partial charge in [0.05, 0.1) is 29.0 Å². The molecule has 0 saturated carbocycles. The number of hydrogen-bond acceptors (Lipinski definition) is 8. The number of piperazine rings is 1. The smallest absolute Gasteiger partial charge is 0.229 e. The van der Waals surface area contributed by atoms with Crippen molar-refractivity contribution in [1.29, 1.82) is 0 Å². The topological polar surface area (TPSA) is 113 Å². The van der Waals surface area contributed by atoms with E-state index in [4.69, 9.17) is 0 Å². The van der Waals surface area contributed by atoms with Crippen molar-refractivity contribution in [1.82, 2.24) is 30.0 Å². The summed E-state index contributed by atoms with van der Waals surface area (Å²) in [6.07, 6.45) is 3.15. The number of amides is 1. The Morgan fingerprint density at radius 2 is 1.86 bits per heavy atom. The summed E-state index contributed by atoms with van der Waals surface area (Å²) in [6.45, 7) is 7.40. The molecule has 1 aromatic carbocycles. The molecule has 5 rings (SSSR count). The molecule has 0 unspecified atom stereocenters. The molecular formula is C24H26ClF2N9O. The Balaban J connectivity index is 0.00000320. The van der Waals surface area contributed by atoms with Gasteiger partial charge in [0, 0.05) is 37.8 Å². The molecule has 3 aromatic heterocycles. The first-order chi connectivity index (χ1) is 17.5. The van der Waals surface area contributed by atoms with E-state index in [1.165, 1.54) is 6.07 Å². The molecule has 0 radical (unpaired) electrons. The molecule has 1 amide bonds. The van der Waals surface area contributed by atoms with Crippen molar-refractivity contribution >= 4 is 53.0 Å². The van der Waals surface area contributed by atoms with Gasteiger partial charge in [0.1, 0.15) is 17.3 Å². The first-order valence-electron chi connectivity index (χ1n) is 11.6. The normalized spacial score (nSPS) is 13.5. The Bertz CT molecular complexity index is 1410. The minimum atomic E-state index is -0.790. The average molecular weight is 530 g/mol. The van der Waals surface area contributed by atoms with Crippen LogP contribution in [0.5, 0.6) is 0 Å². The van der Waals surface area contributed by atoms with Gasteiger partial charge in [-0.05, 0) is 38.1 Å². The van der Waals surface area contributed by atoms with Gasteiger partial charge < -0.3 is 20.9 Å². The Labute approximate surface area is 217 Å². The highest BCUT2D eigenvalue weighted by molar-refractivity contribution is 5.97. The molecule has 1 fully saturated rings. The monoisotopic (exact) mass is 529 g/mol. The molecule has 4 aromatic rings. The highest BCUT2D eigenvalue weighted by Gasteiger charge is 2.22. The zero-order chi connectivity index (χ0) is 25.2. The average Bonchev–Trinajstić information content (AvgIpc) is 3.26. The molecule has 194 valence electrons. The predicted molar refractivity (Wildman–Crippen MR) is 141 cm³/mol. The maximum Gasteiger partial charge on any atom is 0.229 e. The largest absolute Gasteiger partial charge is 0.368 e. The second-order valence-electron chi connectivity index (χ2n) is 8.62. The number of pyridine rings is 1. The van der Waals surface area contributed by atoms with E-state index in [9.17, 15) is 9.18 Å². The molecule has 0 bridgehead atoms. The van der Waals surface area contributed by atoms with Gasteiger partial charge in [-0.2, -0.15) is 5.10 Å². The lowest BCUT2D eigenvalue weighted by Crippen LogP contribution is -2.43. The number of anilines is 4. The first kappa shape index (κ1) is 26.2. The van der Waals surface area contributed by atoms with Crippen molar-refractivity contribution < 1.29 is 13.6 Å². The number of nitrogens with zero attached hydrogens (tertiary/aromatic N) is 6. The van der Waals surface area contributed by atoms with Crippen molar-refractivity contribution in [2.45, 2.75) is 19.9 Å². The maximum atomic E-state index is 15.7. The standard InChI is InChI=1S/C24H25F2N9O.ClH/c1-14(2)35-18-5-4-16(21(26)20(18)23(33-35)30-13-36)22-17(25)12-29-24(32-22)31-19-6-3-15(11-28-19)34-9-7-27-8-10-34;/h3-6,11-14,27H,7-10H2,1-2H3,(H,30,33,36)(H,28,29,31,32);1H. The number of aromatic nitrogens is 5. The first-order valence-corrected chi connectivity index (χ1v) is 11.6. The van der Waals surface area contributed by atoms with Crippen molar-refractivity contribution in [3.63, 3.8) is 0 Å². The third-order valence-corrected chi connectivity index (χ3v) is 5.97. The van der Waals surface area contributed by atoms with E-state index >= 15 is 4.39 Å². The number of benzene rings is 1. The van der Waals surface area contributed by atoms with Crippen LogP contribution in [-0.2, 0) is 4.79 Å². The van der Waals surface area contributed by atoms with E-state index in [2.05, 4.69) is 40.9 Å². The second-order valence-corrected chi connectivity index (χ2v) is 8.62. The van der Waals surface area contributed by atoms with Gasteiger partial charge in [0.2, 0.25) is 12.4 Å². The summed E-state index contributed by atoms with van der Waals surface area (Å²) in [5.74, 6) is -0.946. The Morgan fingerprint density at radius 1 is 1.08 bits per heavy atom. The van der Waals surface area contributed by atoms with Crippen LogP contribution >= 0.6 is 12.4 Å². The number of hydrogen-bond donors (Lipinski definition) is 3. The summed E-state index contributed by atoms with van der Waals surface area (Å²) in [5, 5.41) is 13.1. The molecule has 0 atom stereocenters. The fraction of sp³-hybridized carbons (Fsp3) is 0.292. The van der Waals surface area contributed by atoms with Gasteiger partial charge in [-0.25, -0.2) is 23.7 Å². The SMILES string of the molecule is CC(C)n1nc(NC=O)c2c(F)c(-c3nc(Nc4ccc(N5CCNCC5)cn4)ncc3F)ccc21.Cl. The van der Waals surface area contributed by atoms with Crippen LogP contribution in [0.15, 0.2) is 36.7 Å². The second kappa shape index (κ2) is 11.0. The molecular weight excluding hydrogens is 504 g/mol. The molecule has 0 aliphatic carbocycles. The third-order valence-electron chi connectivity index (χ3n) is 5.97. The number of carbonyl (C=O) groups is 1. The van der Waals surface area contributed by atoms with Gasteiger partial charge in [-0.15, -0.1) is 12.4 Å². The number of rotatable bonds is 7. The summed E-state index contributed by atoms with van der Waals surface area (Å²) in [4.78, 5) is 25.9. The van der Waals surface area contributed by atoms with E-state index in [0.717, 1.165) is 38.1 Å². The fourth-order valence-corrected chi connectivity index (χ4v) is 4.23. The summed E-state index contributed by atoms with van der Waals surface area (Å²) >= 11 is 0. The Kier molecular flexibility index (Phi) is 7.79. The zero-order valence-corrected chi connectivity index (χ0v) is 21.0. The molecule has 10 nitrogen and oxygen atoms in total. The minimum absolute atomic E-state index is 0. The summed E-state index contributed by atoms with van der Waals surface area (Å²) in [6, 6.07) is 6.71. The molecule has 1 aliphatic heterocycles. The van der Waals surface area contributed by atoms with Crippen molar-refractivity contribution in [2.75, 3.05) is 41.7 Å². The van der Waals surface area contributed by atoms with Crippen LogP contribution < -0.4 is 20.9 Å². The van der Waals surface area contributed by atoms with Gasteiger partial charge in [-0.3, -0.25) is 9.48 Å². The zero-order valence-electron chi connectivity index (χ0n) is 20.2. The van der Waals surface area contributed by atoms with Crippen LogP contribution in [0.4, 0.5) is 32.1 Å². The molecule has 1 saturated heterocycles. The van der Waals surface area contributed by atoms with Crippen LogP contribution in [-0.4, -0.2) is 57.3 Å². The highest BCUT2D eigenvalue weighted by Crippen LogP contribution is 2.34. The summed E-state index contributed by atoms with van der Waals surface area (Å²) < 4.78 is 32.1. The summed E-state index contributed by atoms with van der Waals surface area (Å²) in [5.41, 5.74) is 1.17. The molecule has 4 heterocycles. The van der Waals surface area contributed by atoms with Gasteiger partial charge >= 0.3 is 0 Å².